The molecule has 0 radical (unpaired) electrons. The molecule has 1 aromatic heterocycles. The molecule has 1 aliphatic heterocycles. The van der Waals surface area contributed by atoms with Crippen LogP contribution in [0.25, 0.3) is 0 Å². The van der Waals surface area contributed by atoms with Crippen molar-refractivity contribution in [2.24, 2.45) is 0 Å². The first-order chi connectivity index (χ1) is 9.08. The zero-order valence-electron chi connectivity index (χ0n) is 11.8. The minimum absolute atomic E-state index is 0.438. The Morgan fingerprint density at radius 1 is 1.37 bits per heavy atom. The molecule has 2 rings (SSSR count). The summed E-state index contributed by atoms with van der Waals surface area (Å²) in [5, 5.41) is 0.490. The van der Waals surface area contributed by atoms with Gasteiger partial charge in [-0.05, 0) is 20.2 Å². The minimum Gasteiger partial charge on any atom is -0.378 e. The van der Waals surface area contributed by atoms with Crippen LogP contribution in [-0.2, 0) is 17.8 Å². The van der Waals surface area contributed by atoms with E-state index in [-0.39, 0.29) is 0 Å². The molecular weight excluding hydrogens is 264 g/mol. The molecule has 1 saturated heterocycles. The van der Waals surface area contributed by atoms with Crippen LogP contribution in [0.1, 0.15) is 11.5 Å². The number of likely N-dealkylation sites (N-methyl/N-ethyl adjacent to an activating group) is 2. The molecule has 0 bridgehead atoms. The summed E-state index contributed by atoms with van der Waals surface area (Å²) in [6.07, 6.45) is 0.818. The number of aromatic nitrogens is 2. The summed E-state index contributed by atoms with van der Waals surface area (Å²) >= 11 is 6.04. The third-order valence-corrected chi connectivity index (χ3v) is 3.68. The predicted molar refractivity (Wildman–Crippen MR) is 75.4 cm³/mol. The van der Waals surface area contributed by atoms with E-state index in [2.05, 4.69) is 33.9 Å². The van der Waals surface area contributed by atoms with Crippen molar-refractivity contribution in [3.05, 3.63) is 22.7 Å². The van der Waals surface area contributed by atoms with Crippen molar-refractivity contribution in [2.45, 2.75) is 19.1 Å². The highest BCUT2D eigenvalue weighted by Gasteiger charge is 2.23. The van der Waals surface area contributed by atoms with Crippen molar-refractivity contribution in [2.75, 3.05) is 40.8 Å². The standard InChI is InChI=1S/C13H21ClN4O/c1-17-4-5-18(2)11(8-17)7-13-15-10(9-19-3)6-12(14)16-13/h6,11H,4-5,7-9H2,1-3H3. The summed E-state index contributed by atoms with van der Waals surface area (Å²) < 4.78 is 5.10. The molecule has 1 fully saturated rings. The van der Waals surface area contributed by atoms with Crippen molar-refractivity contribution in [3.8, 4) is 0 Å². The highest BCUT2D eigenvalue weighted by molar-refractivity contribution is 6.29. The lowest BCUT2D eigenvalue weighted by Gasteiger charge is -2.37. The lowest BCUT2D eigenvalue weighted by molar-refractivity contribution is 0.113. The van der Waals surface area contributed by atoms with Gasteiger partial charge in [0.1, 0.15) is 11.0 Å². The van der Waals surface area contributed by atoms with Crippen molar-refractivity contribution in [1.82, 2.24) is 19.8 Å². The first-order valence-electron chi connectivity index (χ1n) is 6.48. The normalized spacial score (nSPS) is 21.8. The molecular formula is C13H21ClN4O. The number of rotatable bonds is 4. The van der Waals surface area contributed by atoms with Gasteiger partial charge in [0.05, 0.1) is 12.3 Å². The van der Waals surface area contributed by atoms with Gasteiger partial charge in [0.2, 0.25) is 0 Å². The topological polar surface area (TPSA) is 41.5 Å². The van der Waals surface area contributed by atoms with E-state index >= 15 is 0 Å². The van der Waals surface area contributed by atoms with E-state index in [1.54, 1.807) is 13.2 Å². The van der Waals surface area contributed by atoms with Crippen LogP contribution in [0.4, 0.5) is 0 Å². The largest absolute Gasteiger partial charge is 0.378 e. The highest BCUT2D eigenvalue weighted by Crippen LogP contribution is 2.13. The maximum atomic E-state index is 6.04. The summed E-state index contributed by atoms with van der Waals surface area (Å²) in [5.41, 5.74) is 0.837. The van der Waals surface area contributed by atoms with Crippen LogP contribution in [0.3, 0.4) is 0 Å². The van der Waals surface area contributed by atoms with Gasteiger partial charge in [-0.1, -0.05) is 11.6 Å². The molecule has 0 N–H and O–H groups in total. The van der Waals surface area contributed by atoms with Crippen molar-refractivity contribution >= 4 is 11.6 Å². The Kier molecular flexibility index (Phi) is 5.10. The summed E-state index contributed by atoms with van der Waals surface area (Å²) in [6, 6.07) is 2.19. The Morgan fingerprint density at radius 3 is 2.89 bits per heavy atom. The van der Waals surface area contributed by atoms with E-state index in [0.29, 0.717) is 17.8 Å². The summed E-state index contributed by atoms with van der Waals surface area (Å²) in [5.74, 6) is 0.798. The lowest BCUT2D eigenvalue weighted by Crippen LogP contribution is -2.51. The van der Waals surface area contributed by atoms with E-state index in [1.807, 2.05) is 0 Å². The van der Waals surface area contributed by atoms with Crippen LogP contribution in [0, 0.1) is 0 Å². The molecule has 0 saturated carbocycles. The van der Waals surface area contributed by atoms with Gasteiger partial charge in [-0.25, -0.2) is 9.97 Å². The molecule has 0 aliphatic carbocycles. The number of hydrogen-bond donors (Lipinski definition) is 0. The predicted octanol–water partition coefficient (Wildman–Crippen LogP) is 1.06. The molecule has 5 nitrogen and oxygen atoms in total. The fourth-order valence-electron chi connectivity index (χ4n) is 2.36. The summed E-state index contributed by atoms with van der Waals surface area (Å²) in [7, 11) is 5.95. The van der Waals surface area contributed by atoms with Crippen molar-refractivity contribution < 1.29 is 4.74 Å². The van der Waals surface area contributed by atoms with E-state index < -0.39 is 0 Å². The second kappa shape index (κ2) is 6.61. The Labute approximate surface area is 119 Å². The molecule has 19 heavy (non-hydrogen) atoms. The zero-order valence-corrected chi connectivity index (χ0v) is 12.5. The van der Waals surface area contributed by atoms with Crippen LogP contribution in [-0.4, -0.2) is 66.6 Å². The van der Waals surface area contributed by atoms with Crippen LogP contribution in [0.2, 0.25) is 5.15 Å². The molecule has 0 spiro atoms. The number of hydrogen-bond acceptors (Lipinski definition) is 5. The Hall–Kier alpha value is -0.750. The average Bonchev–Trinajstić information content (AvgIpc) is 2.33. The first-order valence-corrected chi connectivity index (χ1v) is 6.86. The van der Waals surface area contributed by atoms with Gasteiger partial charge in [-0.2, -0.15) is 0 Å². The van der Waals surface area contributed by atoms with Gasteiger partial charge in [-0.15, -0.1) is 0 Å². The van der Waals surface area contributed by atoms with Gasteiger partial charge < -0.3 is 14.5 Å². The fourth-order valence-corrected chi connectivity index (χ4v) is 2.59. The zero-order chi connectivity index (χ0) is 13.8. The van der Waals surface area contributed by atoms with Crippen LogP contribution in [0.5, 0.6) is 0 Å². The van der Waals surface area contributed by atoms with Crippen LogP contribution in [0.15, 0.2) is 6.07 Å². The summed E-state index contributed by atoms with van der Waals surface area (Å²) in [4.78, 5) is 13.5. The second-order valence-electron chi connectivity index (χ2n) is 5.13. The Bertz CT molecular complexity index is 429. The Morgan fingerprint density at radius 2 is 2.16 bits per heavy atom. The monoisotopic (exact) mass is 284 g/mol. The number of nitrogens with zero attached hydrogens (tertiary/aromatic N) is 4. The van der Waals surface area contributed by atoms with E-state index in [9.17, 15) is 0 Å². The van der Waals surface area contributed by atoms with Gasteiger partial charge in [-0.3, -0.25) is 0 Å². The molecule has 6 heteroatoms. The first kappa shape index (κ1) is 14.7. The molecule has 0 aromatic carbocycles. The quantitative estimate of drug-likeness (QED) is 0.774. The minimum atomic E-state index is 0.438. The van der Waals surface area contributed by atoms with E-state index in [4.69, 9.17) is 16.3 Å². The highest BCUT2D eigenvalue weighted by atomic mass is 35.5. The third-order valence-electron chi connectivity index (χ3n) is 3.48. The Balaban J connectivity index is 2.09. The molecule has 2 heterocycles. The molecule has 1 aliphatic rings. The van der Waals surface area contributed by atoms with Gasteiger partial charge in [0, 0.05) is 39.2 Å². The fraction of sp³-hybridized carbons (Fsp3) is 0.692. The smallest absolute Gasteiger partial charge is 0.133 e. The van der Waals surface area contributed by atoms with Gasteiger partial charge in [0.25, 0.3) is 0 Å². The van der Waals surface area contributed by atoms with Crippen molar-refractivity contribution in [3.63, 3.8) is 0 Å². The number of methoxy groups -OCH3 is 1. The molecule has 1 atom stereocenters. The molecule has 1 unspecified atom stereocenters. The maximum absolute atomic E-state index is 6.04. The summed E-state index contributed by atoms with van der Waals surface area (Å²) in [6.45, 7) is 3.69. The van der Waals surface area contributed by atoms with Gasteiger partial charge in [0.15, 0.2) is 0 Å². The van der Waals surface area contributed by atoms with Crippen molar-refractivity contribution in [1.29, 1.82) is 0 Å². The molecule has 106 valence electrons. The number of ether oxygens (including phenoxy) is 1. The van der Waals surface area contributed by atoms with Crippen LogP contribution < -0.4 is 0 Å². The number of halogens is 1. The molecule has 1 aromatic rings. The van der Waals surface area contributed by atoms with Gasteiger partial charge >= 0.3 is 0 Å². The maximum Gasteiger partial charge on any atom is 0.133 e. The lowest BCUT2D eigenvalue weighted by atomic mass is 10.1. The number of piperazine rings is 1. The molecule has 0 amide bonds. The SMILES string of the molecule is COCc1cc(Cl)nc(CC2CN(C)CCN2C)n1. The third kappa shape index (κ3) is 4.11. The van der Waals surface area contributed by atoms with Crippen LogP contribution >= 0.6 is 11.6 Å². The second-order valence-corrected chi connectivity index (χ2v) is 5.52. The average molecular weight is 285 g/mol. The van der Waals surface area contributed by atoms with E-state index in [1.165, 1.54) is 0 Å². The van der Waals surface area contributed by atoms with E-state index in [0.717, 1.165) is 37.6 Å².